The molecular formula is C12H17FO2. The lowest BCUT2D eigenvalue weighted by Gasteiger charge is -2.25. The Hall–Kier alpha value is -1.09. The van der Waals surface area contributed by atoms with Crippen molar-refractivity contribution in [1.82, 2.24) is 0 Å². The van der Waals surface area contributed by atoms with Crippen LogP contribution in [-0.2, 0) is 0 Å². The molecule has 1 unspecified atom stereocenters. The summed E-state index contributed by atoms with van der Waals surface area (Å²) in [4.78, 5) is 0. The summed E-state index contributed by atoms with van der Waals surface area (Å²) in [5.74, 6) is 0.232. The highest BCUT2D eigenvalue weighted by molar-refractivity contribution is 5.30. The standard InChI is InChI=1S/C12H17FO2/c1-12(2,13)11(8-14)9-4-6-10(15-3)7-5-9/h4-7,11,14H,8H2,1-3H3. The van der Waals surface area contributed by atoms with E-state index < -0.39 is 11.6 Å². The first kappa shape index (κ1) is 12.0. The van der Waals surface area contributed by atoms with E-state index in [1.807, 2.05) is 0 Å². The Morgan fingerprint density at radius 2 is 1.87 bits per heavy atom. The summed E-state index contributed by atoms with van der Waals surface area (Å²) in [5.41, 5.74) is -0.644. The third-order valence-corrected chi connectivity index (χ3v) is 2.53. The fraction of sp³-hybridized carbons (Fsp3) is 0.500. The van der Waals surface area contributed by atoms with Gasteiger partial charge in [0.1, 0.15) is 11.4 Å². The van der Waals surface area contributed by atoms with E-state index in [0.717, 1.165) is 11.3 Å². The molecule has 1 atom stereocenters. The van der Waals surface area contributed by atoms with E-state index in [-0.39, 0.29) is 6.61 Å². The zero-order valence-electron chi connectivity index (χ0n) is 9.33. The van der Waals surface area contributed by atoms with Crippen LogP contribution < -0.4 is 4.74 Å². The second-order valence-electron chi connectivity index (χ2n) is 4.07. The number of rotatable bonds is 4. The number of hydrogen-bond acceptors (Lipinski definition) is 2. The van der Waals surface area contributed by atoms with Crippen molar-refractivity contribution in [2.75, 3.05) is 13.7 Å². The fourth-order valence-electron chi connectivity index (χ4n) is 1.56. The van der Waals surface area contributed by atoms with E-state index in [1.165, 1.54) is 13.8 Å². The highest BCUT2D eigenvalue weighted by atomic mass is 19.1. The topological polar surface area (TPSA) is 29.5 Å². The number of aliphatic hydroxyl groups excluding tert-OH is 1. The maximum absolute atomic E-state index is 13.7. The van der Waals surface area contributed by atoms with Gasteiger partial charge in [0.15, 0.2) is 0 Å². The molecule has 1 rings (SSSR count). The van der Waals surface area contributed by atoms with Gasteiger partial charge in [0.2, 0.25) is 0 Å². The van der Waals surface area contributed by atoms with Crippen LogP contribution in [0.25, 0.3) is 0 Å². The number of benzene rings is 1. The summed E-state index contributed by atoms with van der Waals surface area (Å²) >= 11 is 0. The third kappa shape index (κ3) is 2.93. The van der Waals surface area contributed by atoms with Crippen LogP contribution in [0.5, 0.6) is 5.75 Å². The maximum atomic E-state index is 13.7. The zero-order chi connectivity index (χ0) is 11.5. The largest absolute Gasteiger partial charge is 0.497 e. The Morgan fingerprint density at radius 1 is 1.33 bits per heavy atom. The number of methoxy groups -OCH3 is 1. The average molecular weight is 212 g/mol. The smallest absolute Gasteiger partial charge is 0.118 e. The van der Waals surface area contributed by atoms with E-state index >= 15 is 0 Å². The number of alkyl halides is 1. The molecule has 0 amide bonds. The number of halogens is 1. The second-order valence-corrected chi connectivity index (χ2v) is 4.07. The van der Waals surface area contributed by atoms with Crippen molar-refractivity contribution in [2.45, 2.75) is 25.4 Å². The van der Waals surface area contributed by atoms with Crippen LogP contribution in [0.2, 0.25) is 0 Å². The lowest BCUT2D eigenvalue weighted by atomic mass is 9.87. The van der Waals surface area contributed by atoms with E-state index in [0.29, 0.717) is 0 Å². The minimum absolute atomic E-state index is 0.199. The molecule has 0 aliphatic rings. The number of aliphatic hydroxyl groups is 1. The Bertz CT molecular complexity index is 300. The van der Waals surface area contributed by atoms with Crippen molar-refractivity contribution in [3.63, 3.8) is 0 Å². The molecule has 1 aromatic carbocycles. The summed E-state index contributed by atoms with van der Waals surface area (Å²) < 4.78 is 18.7. The van der Waals surface area contributed by atoms with Gasteiger partial charge in [0.05, 0.1) is 13.7 Å². The predicted octanol–water partition coefficient (Wildman–Crippen LogP) is 2.52. The lowest BCUT2D eigenvalue weighted by molar-refractivity contribution is 0.119. The van der Waals surface area contributed by atoms with Crippen LogP contribution in [0.3, 0.4) is 0 Å². The highest BCUT2D eigenvalue weighted by Crippen LogP contribution is 2.31. The molecule has 2 nitrogen and oxygen atoms in total. The van der Waals surface area contributed by atoms with Gasteiger partial charge in [-0.15, -0.1) is 0 Å². The van der Waals surface area contributed by atoms with Gasteiger partial charge in [-0.2, -0.15) is 0 Å². The molecule has 0 aromatic heterocycles. The van der Waals surface area contributed by atoms with Crippen molar-refractivity contribution in [2.24, 2.45) is 0 Å². The molecule has 3 heteroatoms. The van der Waals surface area contributed by atoms with Gasteiger partial charge in [0.25, 0.3) is 0 Å². The van der Waals surface area contributed by atoms with Gasteiger partial charge >= 0.3 is 0 Å². The quantitative estimate of drug-likeness (QED) is 0.831. The van der Waals surface area contributed by atoms with Gasteiger partial charge in [0, 0.05) is 5.92 Å². The summed E-state index contributed by atoms with van der Waals surface area (Å²) in [6, 6.07) is 7.09. The first-order valence-electron chi connectivity index (χ1n) is 4.92. The predicted molar refractivity (Wildman–Crippen MR) is 58.0 cm³/mol. The second kappa shape index (κ2) is 4.62. The first-order valence-corrected chi connectivity index (χ1v) is 4.92. The molecule has 0 spiro atoms. The fourth-order valence-corrected chi connectivity index (χ4v) is 1.56. The van der Waals surface area contributed by atoms with Crippen molar-refractivity contribution in [3.8, 4) is 5.75 Å². The van der Waals surface area contributed by atoms with Crippen LogP contribution in [0, 0.1) is 0 Å². The molecule has 0 saturated heterocycles. The zero-order valence-corrected chi connectivity index (χ0v) is 9.33. The van der Waals surface area contributed by atoms with Gasteiger partial charge < -0.3 is 9.84 Å². The SMILES string of the molecule is COc1ccc(C(CO)C(C)(C)F)cc1. The Morgan fingerprint density at radius 3 is 2.20 bits per heavy atom. The van der Waals surface area contributed by atoms with Gasteiger partial charge in [-0.1, -0.05) is 12.1 Å². The molecule has 15 heavy (non-hydrogen) atoms. The third-order valence-electron chi connectivity index (χ3n) is 2.53. The van der Waals surface area contributed by atoms with Gasteiger partial charge in [-0.05, 0) is 31.5 Å². The molecular weight excluding hydrogens is 195 g/mol. The average Bonchev–Trinajstić information content (AvgIpc) is 2.18. The molecule has 0 aliphatic carbocycles. The molecule has 0 bridgehead atoms. The van der Waals surface area contributed by atoms with Crippen LogP contribution in [0.1, 0.15) is 25.3 Å². The molecule has 0 radical (unpaired) electrons. The summed E-state index contributed by atoms with van der Waals surface area (Å²) in [5, 5.41) is 9.17. The summed E-state index contributed by atoms with van der Waals surface area (Å²) in [6.45, 7) is 2.74. The van der Waals surface area contributed by atoms with E-state index in [4.69, 9.17) is 4.74 Å². The monoisotopic (exact) mass is 212 g/mol. The van der Waals surface area contributed by atoms with Crippen molar-refractivity contribution in [3.05, 3.63) is 29.8 Å². The first-order chi connectivity index (χ1) is 6.99. The molecule has 0 aliphatic heterocycles. The molecule has 0 heterocycles. The normalized spacial score (nSPS) is 13.7. The van der Waals surface area contributed by atoms with Gasteiger partial charge in [-0.3, -0.25) is 0 Å². The summed E-state index contributed by atoms with van der Waals surface area (Å²) in [6.07, 6.45) is 0. The summed E-state index contributed by atoms with van der Waals surface area (Å²) in [7, 11) is 1.58. The highest BCUT2D eigenvalue weighted by Gasteiger charge is 2.29. The van der Waals surface area contributed by atoms with Crippen molar-refractivity contribution < 1.29 is 14.2 Å². The van der Waals surface area contributed by atoms with Crippen LogP contribution in [0.15, 0.2) is 24.3 Å². The minimum Gasteiger partial charge on any atom is -0.497 e. The molecule has 1 aromatic rings. The Labute approximate surface area is 89.7 Å². The van der Waals surface area contributed by atoms with Crippen LogP contribution >= 0.6 is 0 Å². The number of hydrogen-bond donors (Lipinski definition) is 1. The van der Waals surface area contributed by atoms with Crippen LogP contribution in [0.4, 0.5) is 4.39 Å². The minimum atomic E-state index is -1.43. The maximum Gasteiger partial charge on any atom is 0.118 e. The van der Waals surface area contributed by atoms with E-state index in [9.17, 15) is 9.50 Å². The van der Waals surface area contributed by atoms with Crippen LogP contribution in [-0.4, -0.2) is 24.5 Å². The van der Waals surface area contributed by atoms with Crippen molar-refractivity contribution in [1.29, 1.82) is 0 Å². The molecule has 0 saturated carbocycles. The number of ether oxygens (including phenoxy) is 1. The Kier molecular flexibility index (Phi) is 3.69. The lowest BCUT2D eigenvalue weighted by Crippen LogP contribution is -2.26. The Balaban J connectivity index is 2.93. The molecule has 0 fully saturated rings. The van der Waals surface area contributed by atoms with E-state index in [1.54, 1.807) is 31.4 Å². The van der Waals surface area contributed by atoms with E-state index in [2.05, 4.69) is 0 Å². The molecule has 1 N–H and O–H groups in total. The molecule has 84 valence electrons. The van der Waals surface area contributed by atoms with Gasteiger partial charge in [-0.25, -0.2) is 4.39 Å². The van der Waals surface area contributed by atoms with Crippen molar-refractivity contribution >= 4 is 0 Å².